The molecule has 1 saturated heterocycles. The molecule has 1 aromatic carbocycles. The van der Waals surface area contributed by atoms with E-state index in [1.165, 1.54) is 11.3 Å². The number of carbonyl (C=O) groups is 1. The average Bonchev–Trinajstić information content (AvgIpc) is 2.97. The van der Waals surface area contributed by atoms with Crippen molar-refractivity contribution in [3.8, 4) is 0 Å². The number of aryl methyl sites for hydroxylation is 1. The minimum absolute atomic E-state index is 0.124. The summed E-state index contributed by atoms with van der Waals surface area (Å²) in [6.45, 7) is 9.60. The normalized spacial score (nSPS) is 15.2. The molecule has 0 N–H and O–H groups in total. The fourth-order valence-corrected chi connectivity index (χ4v) is 3.71. The zero-order valence-corrected chi connectivity index (χ0v) is 16.1. The Kier molecular flexibility index (Phi) is 4.99. The summed E-state index contributed by atoms with van der Waals surface area (Å²) in [6, 6.07) is 10.6. The van der Waals surface area contributed by atoms with Gasteiger partial charge in [-0.05, 0) is 54.4 Å². The van der Waals surface area contributed by atoms with Gasteiger partial charge in [-0.2, -0.15) is 0 Å². The number of hydrogen-bond donors (Lipinski definition) is 0. The monoisotopic (exact) mass is 389 g/mol. The van der Waals surface area contributed by atoms with Crippen molar-refractivity contribution < 1.29 is 4.79 Å². The first kappa shape index (κ1) is 17.1. The van der Waals surface area contributed by atoms with E-state index in [0.29, 0.717) is 0 Å². The summed E-state index contributed by atoms with van der Waals surface area (Å²) in [5.74, 6) is 0.124. The maximum atomic E-state index is 12.9. The summed E-state index contributed by atoms with van der Waals surface area (Å²) in [6.07, 6.45) is 1.99. The molecule has 1 aliphatic heterocycles. The Morgan fingerprint density at radius 2 is 1.79 bits per heavy atom. The zero-order chi connectivity index (χ0) is 17.3. The molecule has 1 fully saturated rings. The van der Waals surface area contributed by atoms with Gasteiger partial charge < -0.3 is 14.4 Å². The average molecular weight is 390 g/mol. The van der Waals surface area contributed by atoms with Gasteiger partial charge in [-0.1, -0.05) is 18.2 Å². The quantitative estimate of drug-likeness (QED) is 0.790. The number of amides is 1. The Bertz CT molecular complexity index is 730. The first-order valence-electron chi connectivity index (χ1n) is 8.44. The van der Waals surface area contributed by atoms with Crippen LogP contribution in [0.2, 0.25) is 0 Å². The molecule has 128 valence electrons. The molecule has 4 nitrogen and oxygen atoms in total. The summed E-state index contributed by atoms with van der Waals surface area (Å²) < 4.78 is 3.00. The maximum absolute atomic E-state index is 12.9. The highest BCUT2D eigenvalue weighted by atomic mass is 79.9. The van der Waals surface area contributed by atoms with Crippen molar-refractivity contribution in [2.24, 2.45) is 0 Å². The highest BCUT2D eigenvalue weighted by Gasteiger charge is 2.25. The molecule has 1 aromatic heterocycles. The number of para-hydroxylation sites is 1. The lowest BCUT2D eigenvalue weighted by Crippen LogP contribution is -2.49. The van der Waals surface area contributed by atoms with Crippen molar-refractivity contribution in [3.05, 3.63) is 52.3 Å². The second-order valence-corrected chi connectivity index (χ2v) is 7.53. The zero-order valence-electron chi connectivity index (χ0n) is 14.5. The molecule has 0 radical (unpaired) electrons. The van der Waals surface area contributed by atoms with Gasteiger partial charge in [-0.25, -0.2) is 0 Å². The summed E-state index contributed by atoms with van der Waals surface area (Å²) in [5, 5.41) is 0. The van der Waals surface area contributed by atoms with Crippen LogP contribution in [0.4, 0.5) is 5.69 Å². The van der Waals surface area contributed by atoms with E-state index in [1.807, 2.05) is 21.7 Å². The van der Waals surface area contributed by atoms with Gasteiger partial charge in [0.2, 0.25) is 0 Å². The van der Waals surface area contributed by atoms with E-state index in [2.05, 4.69) is 65.9 Å². The van der Waals surface area contributed by atoms with Gasteiger partial charge in [0.25, 0.3) is 5.91 Å². The van der Waals surface area contributed by atoms with Crippen LogP contribution in [0.1, 0.15) is 35.9 Å². The van der Waals surface area contributed by atoms with Gasteiger partial charge in [-0.15, -0.1) is 0 Å². The first-order chi connectivity index (χ1) is 11.5. The van der Waals surface area contributed by atoms with Crippen LogP contribution < -0.4 is 4.90 Å². The number of anilines is 1. The van der Waals surface area contributed by atoms with E-state index in [-0.39, 0.29) is 11.9 Å². The lowest BCUT2D eigenvalue weighted by molar-refractivity contribution is 0.0734. The highest BCUT2D eigenvalue weighted by molar-refractivity contribution is 9.10. The number of benzene rings is 1. The lowest BCUT2D eigenvalue weighted by Gasteiger charge is -2.37. The van der Waals surface area contributed by atoms with Crippen LogP contribution >= 0.6 is 15.9 Å². The summed E-state index contributed by atoms with van der Waals surface area (Å²) >= 11 is 3.49. The standard InChI is InChI=1S/C19H24BrN3O/c1-14(2)23-13-16(20)12-18(23)19(24)22-10-8-21(9-11-22)17-7-5-4-6-15(17)3/h4-7,12-14H,8-11H2,1-3H3. The second kappa shape index (κ2) is 7.01. The third kappa shape index (κ3) is 3.36. The number of halogens is 1. The van der Waals surface area contributed by atoms with Crippen molar-refractivity contribution in [3.63, 3.8) is 0 Å². The van der Waals surface area contributed by atoms with Crippen LogP contribution in [0.5, 0.6) is 0 Å². The van der Waals surface area contributed by atoms with Crippen LogP contribution in [0, 0.1) is 6.92 Å². The number of hydrogen-bond acceptors (Lipinski definition) is 2. The predicted octanol–water partition coefficient (Wildman–Crippen LogP) is 4.10. The van der Waals surface area contributed by atoms with E-state index < -0.39 is 0 Å². The molecular formula is C19H24BrN3O. The van der Waals surface area contributed by atoms with Crippen molar-refractivity contribution in [2.45, 2.75) is 26.8 Å². The minimum Gasteiger partial charge on any atom is -0.368 e. The van der Waals surface area contributed by atoms with Gasteiger partial charge in [0.05, 0.1) is 0 Å². The Morgan fingerprint density at radius 3 is 2.42 bits per heavy atom. The number of carbonyl (C=O) groups excluding carboxylic acids is 1. The molecule has 0 saturated carbocycles. The number of piperazine rings is 1. The van der Waals surface area contributed by atoms with Gasteiger partial charge in [-0.3, -0.25) is 4.79 Å². The molecule has 5 heteroatoms. The topological polar surface area (TPSA) is 28.5 Å². The Labute approximate surface area is 152 Å². The smallest absolute Gasteiger partial charge is 0.270 e. The molecule has 3 rings (SSSR count). The largest absolute Gasteiger partial charge is 0.368 e. The third-order valence-corrected chi connectivity index (χ3v) is 5.05. The van der Waals surface area contributed by atoms with E-state index in [1.54, 1.807) is 0 Å². The van der Waals surface area contributed by atoms with E-state index in [0.717, 1.165) is 36.3 Å². The SMILES string of the molecule is Cc1ccccc1N1CCN(C(=O)c2cc(Br)cn2C(C)C)CC1. The maximum Gasteiger partial charge on any atom is 0.270 e. The highest BCUT2D eigenvalue weighted by Crippen LogP contribution is 2.23. The van der Waals surface area contributed by atoms with Gasteiger partial charge in [0.1, 0.15) is 5.69 Å². The molecule has 0 atom stereocenters. The van der Waals surface area contributed by atoms with Crippen LogP contribution in [0.25, 0.3) is 0 Å². The molecule has 1 aliphatic rings. The molecule has 0 spiro atoms. The fourth-order valence-electron chi connectivity index (χ4n) is 3.27. The fraction of sp³-hybridized carbons (Fsp3) is 0.421. The Balaban J connectivity index is 1.71. The molecular weight excluding hydrogens is 366 g/mol. The Hall–Kier alpha value is -1.75. The molecule has 24 heavy (non-hydrogen) atoms. The van der Waals surface area contributed by atoms with Crippen molar-refractivity contribution in [2.75, 3.05) is 31.1 Å². The van der Waals surface area contributed by atoms with Crippen molar-refractivity contribution >= 4 is 27.5 Å². The van der Waals surface area contributed by atoms with Crippen molar-refractivity contribution in [1.82, 2.24) is 9.47 Å². The Morgan fingerprint density at radius 1 is 1.12 bits per heavy atom. The summed E-state index contributed by atoms with van der Waals surface area (Å²) in [4.78, 5) is 17.3. The molecule has 2 heterocycles. The number of aromatic nitrogens is 1. The predicted molar refractivity (Wildman–Crippen MR) is 102 cm³/mol. The van der Waals surface area contributed by atoms with Crippen molar-refractivity contribution in [1.29, 1.82) is 0 Å². The second-order valence-electron chi connectivity index (χ2n) is 6.61. The third-order valence-electron chi connectivity index (χ3n) is 4.61. The first-order valence-corrected chi connectivity index (χ1v) is 9.24. The lowest BCUT2D eigenvalue weighted by atomic mass is 10.1. The summed E-state index contributed by atoms with van der Waals surface area (Å²) in [5.41, 5.74) is 3.33. The molecule has 1 amide bonds. The molecule has 0 unspecified atom stereocenters. The molecule has 2 aromatic rings. The number of nitrogens with zero attached hydrogens (tertiary/aromatic N) is 3. The number of rotatable bonds is 3. The van der Waals surface area contributed by atoms with Gasteiger partial charge in [0, 0.05) is 48.6 Å². The van der Waals surface area contributed by atoms with E-state index in [9.17, 15) is 4.79 Å². The van der Waals surface area contributed by atoms with E-state index >= 15 is 0 Å². The van der Waals surface area contributed by atoms with Crippen LogP contribution in [0.3, 0.4) is 0 Å². The van der Waals surface area contributed by atoms with E-state index in [4.69, 9.17) is 0 Å². The summed E-state index contributed by atoms with van der Waals surface area (Å²) in [7, 11) is 0. The van der Waals surface area contributed by atoms with Crippen LogP contribution in [-0.2, 0) is 0 Å². The molecule has 0 aliphatic carbocycles. The van der Waals surface area contributed by atoms with Gasteiger partial charge >= 0.3 is 0 Å². The van der Waals surface area contributed by atoms with Crippen LogP contribution in [-0.4, -0.2) is 41.6 Å². The molecule has 0 bridgehead atoms. The van der Waals surface area contributed by atoms with Crippen LogP contribution in [0.15, 0.2) is 41.0 Å². The van der Waals surface area contributed by atoms with Gasteiger partial charge in [0.15, 0.2) is 0 Å². The minimum atomic E-state index is 0.124.